The number of hydrogen-bond donors (Lipinski definition) is 0. The van der Waals surface area contributed by atoms with Gasteiger partial charge in [-0.25, -0.2) is 14.4 Å². The van der Waals surface area contributed by atoms with Crippen molar-refractivity contribution in [1.82, 2.24) is 0 Å². The zero-order chi connectivity index (χ0) is 56.3. The van der Waals surface area contributed by atoms with Crippen LogP contribution in [-0.4, -0.2) is 77.0 Å². The Kier molecular flexibility index (Phi) is 27.7. The molecular weight excluding hydrogens is 979 g/mol. The fourth-order valence-electron chi connectivity index (χ4n) is 8.39. The molecule has 0 radical (unpaired) electrons. The van der Waals surface area contributed by atoms with Crippen LogP contribution >= 0.6 is 0 Å². The number of esters is 3. The molecule has 0 unspecified atom stereocenters. The molecule has 0 atom stereocenters. The SMILES string of the molecule is CCCCCCN(CCOC(=O)c1cc(C(=O)OCCN(CCCCCC)c2ccc(C=C(C#N)C#N)cc2)cc(C(=O)OCCN(CCCCCC)c2ccc(C=C(C#N)C#N)cc2)c1)c1ccc(C=C(C#N)C#N)cc1. The Morgan fingerprint density at radius 3 is 0.833 bits per heavy atom. The Bertz CT molecular complexity index is 2560. The van der Waals surface area contributed by atoms with Crippen LogP contribution in [0.15, 0.2) is 108 Å². The summed E-state index contributed by atoms with van der Waals surface area (Å²) >= 11 is 0. The molecule has 0 heterocycles. The minimum absolute atomic E-state index is 0.00955. The summed E-state index contributed by atoms with van der Waals surface area (Å²) in [4.78, 5) is 48.2. The average molecular weight is 1050 g/mol. The van der Waals surface area contributed by atoms with E-state index in [0.29, 0.717) is 56.0 Å². The number of anilines is 3. The number of allylic oxidation sites excluding steroid dienone is 3. The highest BCUT2D eigenvalue weighted by atomic mass is 16.5. The third-order valence-corrected chi connectivity index (χ3v) is 12.7. The molecule has 15 heteroatoms. The average Bonchev–Trinajstić information content (AvgIpc) is 3.48. The molecule has 78 heavy (non-hydrogen) atoms. The minimum atomic E-state index is -0.757. The first-order valence-electron chi connectivity index (χ1n) is 26.8. The van der Waals surface area contributed by atoms with Crippen LogP contribution in [0.3, 0.4) is 0 Å². The van der Waals surface area contributed by atoms with Gasteiger partial charge in [-0.2, -0.15) is 31.6 Å². The summed E-state index contributed by atoms with van der Waals surface area (Å²) in [6, 6.07) is 37.6. The zero-order valence-corrected chi connectivity index (χ0v) is 45.2. The number of carbonyl (C=O) groups is 3. The lowest BCUT2D eigenvalue weighted by Crippen LogP contribution is -2.30. The molecule has 0 N–H and O–H groups in total. The third-order valence-electron chi connectivity index (χ3n) is 12.7. The Balaban J connectivity index is 1.59. The van der Waals surface area contributed by atoms with Gasteiger partial charge in [-0.3, -0.25) is 0 Å². The molecule has 0 aromatic heterocycles. The molecule has 4 aromatic carbocycles. The number of nitrogens with zero attached hydrogens (tertiary/aromatic N) is 9. The minimum Gasteiger partial charge on any atom is -0.460 e. The molecule has 0 bridgehead atoms. The summed E-state index contributed by atoms with van der Waals surface area (Å²) in [5, 5.41) is 55.4. The van der Waals surface area contributed by atoms with Crippen LogP contribution in [-0.2, 0) is 14.2 Å². The molecule has 4 rings (SSSR count). The van der Waals surface area contributed by atoms with Gasteiger partial charge in [-0.1, -0.05) is 115 Å². The summed E-state index contributed by atoms with van der Waals surface area (Å²) in [7, 11) is 0. The second-order valence-corrected chi connectivity index (χ2v) is 18.5. The van der Waals surface area contributed by atoms with Crippen molar-refractivity contribution in [2.24, 2.45) is 0 Å². The third kappa shape index (κ3) is 21.2. The van der Waals surface area contributed by atoms with E-state index < -0.39 is 17.9 Å². The van der Waals surface area contributed by atoms with E-state index in [1.54, 1.807) is 0 Å². The normalized spacial score (nSPS) is 10.1. The van der Waals surface area contributed by atoms with Crippen LogP contribution in [0.1, 0.15) is 146 Å². The summed E-state index contributed by atoms with van der Waals surface area (Å²) in [5.74, 6) is -2.27. The highest BCUT2D eigenvalue weighted by molar-refractivity contribution is 6.00. The second kappa shape index (κ2) is 35.2. The molecule has 402 valence electrons. The van der Waals surface area contributed by atoms with Gasteiger partial charge in [-0.15, -0.1) is 0 Å². The van der Waals surface area contributed by atoms with Crippen molar-refractivity contribution >= 4 is 53.2 Å². The van der Waals surface area contributed by atoms with E-state index in [1.807, 2.05) is 109 Å². The van der Waals surface area contributed by atoms with E-state index in [2.05, 4.69) is 35.5 Å². The van der Waals surface area contributed by atoms with Gasteiger partial charge < -0.3 is 28.9 Å². The van der Waals surface area contributed by atoms with E-state index in [4.69, 9.17) is 14.2 Å². The standard InChI is InChI=1S/C63H69N9O6/c1-4-7-10-13-28-70(58-22-16-49(17-23-58)37-52(43-64)44-65)31-34-76-61(73)55-40-56(62(74)77-35-32-71(29-14-11-8-5-2)59-24-18-50(19-25-59)38-53(45-66)46-67)42-57(41-55)63(75)78-36-33-72(30-15-12-9-6-3)60-26-20-51(21-27-60)39-54(47-68)48-69/h16-27,37-42H,4-15,28-36H2,1-3H3. The number of rotatable bonds is 33. The molecule has 0 saturated carbocycles. The van der Waals surface area contributed by atoms with Gasteiger partial charge in [0.05, 0.1) is 36.3 Å². The van der Waals surface area contributed by atoms with Crippen molar-refractivity contribution < 1.29 is 28.6 Å². The van der Waals surface area contributed by atoms with E-state index in [0.717, 1.165) is 94.1 Å². The van der Waals surface area contributed by atoms with Gasteiger partial charge in [0.15, 0.2) is 0 Å². The van der Waals surface area contributed by atoms with Gasteiger partial charge in [0.1, 0.15) is 73.0 Å². The topological polar surface area (TPSA) is 231 Å². The second-order valence-electron chi connectivity index (χ2n) is 18.5. The Morgan fingerprint density at radius 1 is 0.372 bits per heavy atom. The number of ether oxygens (including phenoxy) is 3. The quantitative estimate of drug-likeness (QED) is 0.0187. The largest absolute Gasteiger partial charge is 0.460 e. The molecule has 0 aliphatic rings. The summed E-state index contributed by atoms with van der Waals surface area (Å²) in [6.45, 7) is 9.36. The molecule has 0 spiro atoms. The van der Waals surface area contributed by atoms with Crippen molar-refractivity contribution in [1.29, 1.82) is 31.6 Å². The number of hydrogen-bond acceptors (Lipinski definition) is 15. The van der Waals surface area contributed by atoms with Crippen LogP contribution in [0.2, 0.25) is 0 Å². The van der Waals surface area contributed by atoms with Gasteiger partial charge in [0.2, 0.25) is 0 Å². The summed E-state index contributed by atoms with van der Waals surface area (Å²) < 4.78 is 17.5. The van der Waals surface area contributed by atoms with E-state index in [-0.39, 0.29) is 53.2 Å². The Labute approximate surface area is 460 Å². The highest BCUT2D eigenvalue weighted by Gasteiger charge is 2.21. The Hall–Kier alpha value is -9.15. The van der Waals surface area contributed by atoms with Crippen molar-refractivity contribution in [2.45, 2.75) is 97.8 Å². The molecule has 0 aliphatic heterocycles. The van der Waals surface area contributed by atoms with Crippen molar-refractivity contribution in [3.05, 3.63) is 141 Å². The molecule has 0 saturated heterocycles. The fraction of sp³-hybridized carbons (Fsp3) is 0.381. The van der Waals surface area contributed by atoms with Crippen LogP contribution in [0.5, 0.6) is 0 Å². The molecular formula is C63H69N9O6. The summed E-state index contributed by atoms with van der Waals surface area (Å²) in [6.07, 6.45) is 16.7. The number of benzene rings is 4. The van der Waals surface area contributed by atoms with E-state index in [1.165, 1.54) is 36.4 Å². The van der Waals surface area contributed by atoms with Crippen LogP contribution in [0.4, 0.5) is 17.1 Å². The Morgan fingerprint density at radius 2 is 0.615 bits per heavy atom. The van der Waals surface area contributed by atoms with E-state index in [9.17, 15) is 46.0 Å². The first kappa shape index (κ1) is 61.4. The van der Waals surface area contributed by atoms with Crippen molar-refractivity contribution in [3.8, 4) is 36.4 Å². The lowest BCUT2D eigenvalue weighted by atomic mass is 10.1. The van der Waals surface area contributed by atoms with E-state index >= 15 is 0 Å². The smallest absolute Gasteiger partial charge is 0.338 e. The van der Waals surface area contributed by atoms with Crippen molar-refractivity contribution in [3.63, 3.8) is 0 Å². The number of unbranched alkanes of at least 4 members (excludes halogenated alkanes) is 9. The predicted molar refractivity (Wildman–Crippen MR) is 303 cm³/mol. The molecule has 0 aliphatic carbocycles. The van der Waals surface area contributed by atoms with Crippen LogP contribution in [0.25, 0.3) is 18.2 Å². The zero-order valence-electron chi connectivity index (χ0n) is 45.2. The first-order valence-corrected chi connectivity index (χ1v) is 26.8. The maximum atomic E-state index is 14.0. The lowest BCUT2D eigenvalue weighted by Gasteiger charge is -2.25. The van der Waals surface area contributed by atoms with Crippen molar-refractivity contribution in [2.75, 3.05) is 73.8 Å². The monoisotopic (exact) mass is 1050 g/mol. The van der Waals surface area contributed by atoms with Crippen LogP contribution in [0, 0.1) is 68.0 Å². The van der Waals surface area contributed by atoms with Gasteiger partial charge in [0, 0.05) is 36.7 Å². The summed E-state index contributed by atoms with van der Waals surface area (Å²) in [5.41, 5.74) is 4.52. The highest BCUT2D eigenvalue weighted by Crippen LogP contribution is 2.23. The number of nitriles is 6. The molecule has 0 amide bonds. The fourth-order valence-corrected chi connectivity index (χ4v) is 8.39. The van der Waals surface area contributed by atoms with Crippen LogP contribution < -0.4 is 14.7 Å². The number of carbonyl (C=O) groups excluding carboxylic acids is 3. The van der Waals surface area contributed by atoms with Gasteiger partial charge in [0.25, 0.3) is 0 Å². The maximum absolute atomic E-state index is 14.0. The molecule has 15 nitrogen and oxygen atoms in total. The predicted octanol–water partition coefficient (Wildman–Crippen LogP) is 12.7. The lowest BCUT2D eigenvalue weighted by molar-refractivity contribution is 0.0512. The van der Waals surface area contributed by atoms with Gasteiger partial charge in [-0.05, 0) is 109 Å². The van der Waals surface area contributed by atoms with Gasteiger partial charge >= 0.3 is 17.9 Å². The maximum Gasteiger partial charge on any atom is 0.338 e. The molecule has 0 fully saturated rings. The molecule has 4 aromatic rings. The first-order chi connectivity index (χ1) is 38.0.